The molecule has 0 aliphatic rings. The summed E-state index contributed by atoms with van der Waals surface area (Å²) in [6.07, 6.45) is 2.25. The summed E-state index contributed by atoms with van der Waals surface area (Å²) in [4.78, 5) is 1.10. The van der Waals surface area contributed by atoms with Gasteiger partial charge in [0.1, 0.15) is 5.75 Å². The molecule has 0 saturated heterocycles. The number of hydrogen-bond donors (Lipinski definition) is 1. The van der Waals surface area contributed by atoms with Gasteiger partial charge in [-0.15, -0.1) is 11.8 Å². The van der Waals surface area contributed by atoms with E-state index in [1.807, 2.05) is 18.2 Å². The van der Waals surface area contributed by atoms with Gasteiger partial charge in [0.05, 0.1) is 7.11 Å². The lowest BCUT2D eigenvalue weighted by atomic mass is 10.1. The smallest absolute Gasteiger partial charge is 0.120 e. The summed E-state index contributed by atoms with van der Waals surface area (Å²) in [5.74, 6) is 1.92. The molecule has 2 aromatic rings. The summed E-state index contributed by atoms with van der Waals surface area (Å²) < 4.78 is 5.22. The van der Waals surface area contributed by atoms with Gasteiger partial charge < -0.3 is 10.5 Å². The highest BCUT2D eigenvalue weighted by molar-refractivity contribution is 7.99. The van der Waals surface area contributed by atoms with E-state index in [2.05, 4.69) is 30.3 Å². The second kappa shape index (κ2) is 7.10. The summed E-state index contributed by atoms with van der Waals surface area (Å²) in [5, 5.41) is 0. The Morgan fingerprint density at radius 1 is 1.11 bits per heavy atom. The molecule has 0 atom stereocenters. The maximum absolute atomic E-state index is 5.96. The van der Waals surface area contributed by atoms with E-state index in [0.29, 0.717) is 0 Å². The highest BCUT2D eigenvalue weighted by Crippen LogP contribution is 2.29. The summed E-state index contributed by atoms with van der Waals surface area (Å²) in [5.41, 5.74) is 8.18. The van der Waals surface area contributed by atoms with Crippen LogP contribution in [0.4, 0.5) is 5.69 Å². The molecule has 0 radical (unpaired) electrons. The van der Waals surface area contributed by atoms with Crippen molar-refractivity contribution in [3.05, 3.63) is 54.1 Å². The van der Waals surface area contributed by atoms with Gasteiger partial charge in [0, 0.05) is 10.6 Å². The average molecular weight is 273 g/mol. The molecule has 0 fully saturated rings. The van der Waals surface area contributed by atoms with Crippen molar-refractivity contribution in [1.82, 2.24) is 0 Å². The lowest BCUT2D eigenvalue weighted by Crippen LogP contribution is -1.92. The van der Waals surface area contributed by atoms with E-state index in [-0.39, 0.29) is 0 Å². The van der Waals surface area contributed by atoms with Crippen LogP contribution in [-0.2, 0) is 6.42 Å². The lowest BCUT2D eigenvalue weighted by molar-refractivity contribution is 0.414. The van der Waals surface area contributed by atoms with Gasteiger partial charge in [0.2, 0.25) is 0 Å². The third-order valence-corrected chi connectivity index (χ3v) is 4.09. The van der Waals surface area contributed by atoms with Crippen LogP contribution in [-0.4, -0.2) is 12.9 Å². The average Bonchev–Trinajstić information content (AvgIpc) is 2.46. The van der Waals surface area contributed by atoms with E-state index < -0.39 is 0 Å². The topological polar surface area (TPSA) is 35.2 Å². The number of nitrogens with two attached hydrogens (primary N) is 1. The van der Waals surface area contributed by atoms with E-state index in [0.717, 1.165) is 34.9 Å². The van der Waals surface area contributed by atoms with E-state index in [4.69, 9.17) is 10.5 Å². The first-order valence-electron chi connectivity index (χ1n) is 6.40. The van der Waals surface area contributed by atoms with Gasteiger partial charge in [-0.3, -0.25) is 0 Å². The van der Waals surface area contributed by atoms with Gasteiger partial charge in [0.15, 0.2) is 0 Å². The summed E-state index contributed by atoms with van der Waals surface area (Å²) in [7, 11) is 1.68. The Labute approximate surface area is 119 Å². The lowest BCUT2D eigenvalue weighted by Gasteiger charge is -2.07. The second-order valence-electron chi connectivity index (χ2n) is 4.34. The minimum absolute atomic E-state index is 0.825. The van der Waals surface area contributed by atoms with Crippen molar-refractivity contribution in [2.24, 2.45) is 0 Å². The molecule has 2 aromatic carbocycles. The Hall–Kier alpha value is -1.61. The van der Waals surface area contributed by atoms with Crippen LogP contribution in [0.1, 0.15) is 12.0 Å². The van der Waals surface area contributed by atoms with E-state index in [1.165, 1.54) is 5.56 Å². The summed E-state index contributed by atoms with van der Waals surface area (Å²) in [6.45, 7) is 0. The maximum atomic E-state index is 5.96. The minimum Gasteiger partial charge on any atom is -0.497 e. The van der Waals surface area contributed by atoms with Crippen LogP contribution in [0.25, 0.3) is 0 Å². The van der Waals surface area contributed by atoms with Gasteiger partial charge in [-0.25, -0.2) is 0 Å². The van der Waals surface area contributed by atoms with Crippen molar-refractivity contribution in [3.8, 4) is 5.75 Å². The van der Waals surface area contributed by atoms with Crippen molar-refractivity contribution in [3.63, 3.8) is 0 Å². The standard InChI is InChI=1S/C16H19NOS/c1-18-14-9-10-15(17)16(12-14)19-11-5-8-13-6-3-2-4-7-13/h2-4,6-7,9-10,12H,5,8,11,17H2,1H3. The quantitative estimate of drug-likeness (QED) is 0.491. The largest absolute Gasteiger partial charge is 0.497 e. The zero-order chi connectivity index (χ0) is 13.5. The van der Waals surface area contributed by atoms with Gasteiger partial charge in [-0.05, 0) is 42.4 Å². The first-order chi connectivity index (χ1) is 9.29. The Morgan fingerprint density at radius 3 is 2.63 bits per heavy atom. The third-order valence-electron chi connectivity index (χ3n) is 2.93. The monoisotopic (exact) mass is 273 g/mol. The van der Waals surface area contributed by atoms with Crippen LogP contribution in [0.15, 0.2) is 53.4 Å². The fourth-order valence-corrected chi connectivity index (χ4v) is 2.81. The zero-order valence-corrected chi connectivity index (χ0v) is 12.0. The molecular weight excluding hydrogens is 254 g/mol. The maximum Gasteiger partial charge on any atom is 0.120 e. The number of nitrogen functional groups attached to an aromatic ring is 1. The predicted molar refractivity (Wildman–Crippen MR) is 82.9 cm³/mol. The van der Waals surface area contributed by atoms with Gasteiger partial charge in [-0.2, -0.15) is 0 Å². The fraction of sp³-hybridized carbons (Fsp3) is 0.250. The molecule has 19 heavy (non-hydrogen) atoms. The van der Waals surface area contributed by atoms with Crippen LogP contribution < -0.4 is 10.5 Å². The summed E-state index contributed by atoms with van der Waals surface area (Å²) in [6, 6.07) is 16.4. The van der Waals surface area contributed by atoms with Crippen LogP contribution in [0.3, 0.4) is 0 Å². The molecule has 2 N–H and O–H groups in total. The number of hydrogen-bond acceptors (Lipinski definition) is 3. The number of methoxy groups -OCH3 is 1. The molecule has 100 valence electrons. The highest BCUT2D eigenvalue weighted by atomic mass is 32.2. The molecule has 0 aromatic heterocycles. The molecule has 0 amide bonds. The molecule has 3 heteroatoms. The van der Waals surface area contributed by atoms with Gasteiger partial charge >= 0.3 is 0 Å². The van der Waals surface area contributed by atoms with Gasteiger partial charge in [0.25, 0.3) is 0 Å². The minimum atomic E-state index is 0.825. The van der Waals surface area contributed by atoms with Crippen LogP contribution in [0, 0.1) is 0 Å². The Balaban J connectivity index is 1.82. The van der Waals surface area contributed by atoms with Crippen molar-refractivity contribution in [1.29, 1.82) is 0 Å². The van der Waals surface area contributed by atoms with Crippen LogP contribution in [0.2, 0.25) is 0 Å². The SMILES string of the molecule is COc1ccc(N)c(SCCCc2ccccc2)c1. The van der Waals surface area contributed by atoms with Crippen molar-refractivity contribution < 1.29 is 4.74 Å². The van der Waals surface area contributed by atoms with Crippen LogP contribution in [0.5, 0.6) is 5.75 Å². The number of aryl methyl sites for hydroxylation is 1. The Kier molecular flexibility index (Phi) is 5.16. The molecule has 2 nitrogen and oxygen atoms in total. The molecule has 0 spiro atoms. The van der Waals surface area contributed by atoms with Crippen molar-refractivity contribution >= 4 is 17.4 Å². The van der Waals surface area contributed by atoms with E-state index >= 15 is 0 Å². The van der Waals surface area contributed by atoms with E-state index in [1.54, 1.807) is 18.9 Å². The number of benzene rings is 2. The fourth-order valence-electron chi connectivity index (χ4n) is 1.87. The van der Waals surface area contributed by atoms with Crippen LogP contribution >= 0.6 is 11.8 Å². The Bertz CT molecular complexity index is 513. The second-order valence-corrected chi connectivity index (χ2v) is 5.48. The molecule has 0 aliphatic heterocycles. The molecule has 0 aliphatic carbocycles. The first kappa shape index (κ1) is 13.8. The molecular formula is C16H19NOS. The predicted octanol–water partition coefficient (Wildman–Crippen LogP) is 4.00. The molecule has 0 bridgehead atoms. The molecule has 0 saturated carbocycles. The number of ether oxygens (including phenoxy) is 1. The van der Waals surface area contributed by atoms with E-state index in [9.17, 15) is 0 Å². The summed E-state index contributed by atoms with van der Waals surface area (Å²) >= 11 is 1.79. The van der Waals surface area contributed by atoms with Crippen molar-refractivity contribution in [2.75, 3.05) is 18.6 Å². The number of anilines is 1. The molecule has 0 heterocycles. The Morgan fingerprint density at radius 2 is 1.89 bits per heavy atom. The highest BCUT2D eigenvalue weighted by Gasteiger charge is 2.02. The zero-order valence-electron chi connectivity index (χ0n) is 11.1. The normalized spacial score (nSPS) is 10.4. The van der Waals surface area contributed by atoms with Gasteiger partial charge in [-0.1, -0.05) is 30.3 Å². The molecule has 0 unspecified atom stereocenters. The number of thioether (sulfide) groups is 1. The number of rotatable bonds is 6. The molecule has 2 rings (SSSR count). The van der Waals surface area contributed by atoms with Crippen molar-refractivity contribution in [2.45, 2.75) is 17.7 Å². The first-order valence-corrected chi connectivity index (χ1v) is 7.38. The third kappa shape index (κ3) is 4.21.